The number of benzene rings is 2. The van der Waals surface area contributed by atoms with Crippen molar-refractivity contribution in [3.63, 3.8) is 0 Å². The predicted molar refractivity (Wildman–Crippen MR) is 97.6 cm³/mol. The average Bonchev–Trinajstić information content (AvgIpc) is 2.89. The number of guanidine groups is 1. The first-order chi connectivity index (χ1) is 11.5. The summed E-state index contributed by atoms with van der Waals surface area (Å²) in [4.78, 5) is 16.0. The number of para-hydroxylation sites is 1. The molecule has 1 heterocycles. The summed E-state index contributed by atoms with van der Waals surface area (Å²) in [5.74, 6) is -0.766. The molecule has 0 fully saturated rings. The van der Waals surface area contributed by atoms with Crippen LogP contribution in [-0.4, -0.2) is 16.4 Å². The van der Waals surface area contributed by atoms with Crippen LogP contribution < -0.4 is 11.5 Å². The van der Waals surface area contributed by atoms with E-state index in [1.807, 2.05) is 34.9 Å². The Morgan fingerprint density at radius 1 is 1.04 bits per heavy atom. The molecule has 0 radical (unpaired) electrons. The van der Waals surface area contributed by atoms with Gasteiger partial charge < -0.3 is 16.0 Å². The molecule has 5 nitrogen and oxygen atoms in total. The Kier molecular flexibility index (Phi) is 4.46. The van der Waals surface area contributed by atoms with E-state index < -0.39 is 5.91 Å². The second-order valence-corrected chi connectivity index (χ2v) is 6.08. The lowest BCUT2D eigenvalue weighted by Crippen LogP contribution is -2.24. The number of halogens is 2. The molecular weight excluding hydrogens is 347 g/mol. The molecule has 2 aromatic carbocycles. The number of hydrogen-bond donors (Lipinski definition) is 2. The zero-order valence-electron chi connectivity index (χ0n) is 12.5. The van der Waals surface area contributed by atoms with E-state index in [4.69, 9.17) is 34.7 Å². The van der Waals surface area contributed by atoms with E-state index in [2.05, 4.69) is 4.99 Å². The highest BCUT2D eigenvalue weighted by molar-refractivity contribution is 6.42. The highest BCUT2D eigenvalue weighted by Gasteiger charge is 2.16. The molecular formula is C17H14Cl2N4O. The number of aliphatic imine (C=N–C) groups is 1. The number of nitrogens with two attached hydrogens (primary N) is 2. The molecule has 3 rings (SSSR count). The van der Waals surface area contributed by atoms with Crippen LogP contribution in [0.5, 0.6) is 0 Å². The topological polar surface area (TPSA) is 86.4 Å². The summed E-state index contributed by atoms with van der Waals surface area (Å²) in [6.45, 7) is 0.436. The van der Waals surface area contributed by atoms with Crippen LogP contribution in [0.15, 0.2) is 53.5 Å². The summed E-state index contributed by atoms with van der Waals surface area (Å²) in [6.07, 6.45) is 0. The molecule has 3 aromatic rings. The van der Waals surface area contributed by atoms with Crippen LogP contribution in [0.3, 0.4) is 0 Å². The molecule has 0 aliphatic heterocycles. The van der Waals surface area contributed by atoms with E-state index in [9.17, 15) is 4.79 Å². The van der Waals surface area contributed by atoms with Gasteiger partial charge in [-0.25, -0.2) is 0 Å². The number of carbonyl (C=O) groups is 1. The van der Waals surface area contributed by atoms with Gasteiger partial charge in [0.25, 0.3) is 5.91 Å². The van der Waals surface area contributed by atoms with Gasteiger partial charge in [-0.05, 0) is 29.8 Å². The Bertz CT molecular complexity index is 958. The molecule has 0 unspecified atom stereocenters. The third-order valence-corrected chi connectivity index (χ3v) is 4.32. The van der Waals surface area contributed by atoms with E-state index in [1.54, 1.807) is 18.2 Å². The maximum Gasteiger partial charge on any atom is 0.296 e. The molecule has 0 aliphatic carbocycles. The highest BCUT2D eigenvalue weighted by atomic mass is 35.5. The van der Waals surface area contributed by atoms with Crippen LogP contribution >= 0.6 is 23.2 Å². The van der Waals surface area contributed by atoms with Gasteiger partial charge in [0.05, 0.1) is 10.0 Å². The summed E-state index contributed by atoms with van der Waals surface area (Å²) in [5, 5.41) is 1.86. The maximum atomic E-state index is 12.3. The van der Waals surface area contributed by atoms with Crippen LogP contribution in [0.25, 0.3) is 10.9 Å². The lowest BCUT2D eigenvalue weighted by Gasteiger charge is -2.10. The lowest BCUT2D eigenvalue weighted by atomic mass is 10.2. The fraction of sp³-hybridized carbons (Fsp3) is 0.0588. The van der Waals surface area contributed by atoms with Crippen LogP contribution in [0.1, 0.15) is 16.1 Å². The standard InChI is InChI=1S/C17H14Cl2N4O/c18-12-6-5-10(7-13(12)19)9-23-14-4-2-1-3-11(14)8-15(23)16(24)22-17(20)21/h1-8H,9H2,(H4,20,21,22,24). The molecule has 0 saturated carbocycles. The fourth-order valence-electron chi connectivity index (χ4n) is 2.55. The first-order valence-corrected chi connectivity index (χ1v) is 7.87. The number of amides is 1. The summed E-state index contributed by atoms with van der Waals surface area (Å²) in [5.41, 5.74) is 12.9. The summed E-state index contributed by atoms with van der Waals surface area (Å²) >= 11 is 12.0. The van der Waals surface area contributed by atoms with Crippen LogP contribution in [0.4, 0.5) is 0 Å². The van der Waals surface area contributed by atoms with Gasteiger partial charge in [-0.3, -0.25) is 4.79 Å². The van der Waals surface area contributed by atoms with Gasteiger partial charge in [0.15, 0.2) is 5.96 Å². The Hall–Kier alpha value is -2.50. The molecule has 0 spiro atoms. The van der Waals surface area contributed by atoms with E-state index in [-0.39, 0.29) is 5.96 Å². The van der Waals surface area contributed by atoms with Crippen LogP contribution in [0.2, 0.25) is 10.0 Å². The van der Waals surface area contributed by atoms with E-state index >= 15 is 0 Å². The van der Waals surface area contributed by atoms with E-state index in [1.165, 1.54) is 0 Å². The zero-order chi connectivity index (χ0) is 17.3. The largest absolute Gasteiger partial charge is 0.370 e. The minimum absolute atomic E-state index is 0.272. The van der Waals surface area contributed by atoms with Gasteiger partial charge in [0, 0.05) is 17.4 Å². The molecule has 7 heteroatoms. The molecule has 4 N–H and O–H groups in total. The molecule has 122 valence electrons. The third-order valence-electron chi connectivity index (χ3n) is 3.59. The molecule has 0 aliphatic rings. The van der Waals surface area contributed by atoms with Gasteiger partial charge in [-0.1, -0.05) is 47.5 Å². The smallest absolute Gasteiger partial charge is 0.296 e. The molecule has 0 atom stereocenters. The van der Waals surface area contributed by atoms with Gasteiger partial charge >= 0.3 is 0 Å². The van der Waals surface area contributed by atoms with Crippen molar-refractivity contribution < 1.29 is 4.79 Å². The highest BCUT2D eigenvalue weighted by Crippen LogP contribution is 2.26. The summed E-state index contributed by atoms with van der Waals surface area (Å²) < 4.78 is 1.85. The Balaban J connectivity index is 2.12. The normalized spacial score (nSPS) is 10.8. The zero-order valence-corrected chi connectivity index (χ0v) is 14.1. The van der Waals surface area contributed by atoms with Gasteiger partial charge in [-0.2, -0.15) is 4.99 Å². The minimum Gasteiger partial charge on any atom is -0.370 e. The number of rotatable bonds is 3. The van der Waals surface area contributed by atoms with Crippen molar-refractivity contribution in [3.05, 3.63) is 69.8 Å². The van der Waals surface area contributed by atoms with Crippen molar-refractivity contribution in [2.24, 2.45) is 16.5 Å². The van der Waals surface area contributed by atoms with Gasteiger partial charge in [-0.15, -0.1) is 0 Å². The Morgan fingerprint density at radius 2 is 1.79 bits per heavy atom. The van der Waals surface area contributed by atoms with Crippen molar-refractivity contribution in [3.8, 4) is 0 Å². The number of carbonyl (C=O) groups excluding carboxylic acids is 1. The Labute approximate surface area is 148 Å². The molecule has 24 heavy (non-hydrogen) atoms. The number of fused-ring (bicyclic) bond motifs is 1. The number of nitrogens with zero attached hydrogens (tertiary/aromatic N) is 2. The van der Waals surface area contributed by atoms with Crippen molar-refractivity contribution in [1.82, 2.24) is 4.57 Å². The molecule has 1 amide bonds. The number of aromatic nitrogens is 1. The minimum atomic E-state index is -0.494. The van der Waals surface area contributed by atoms with E-state index in [0.29, 0.717) is 22.3 Å². The summed E-state index contributed by atoms with van der Waals surface area (Å²) in [6, 6.07) is 14.8. The molecule has 1 aromatic heterocycles. The Morgan fingerprint density at radius 3 is 2.50 bits per heavy atom. The van der Waals surface area contributed by atoms with Gasteiger partial charge in [0.2, 0.25) is 0 Å². The van der Waals surface area contributed by atoms with Crippen LogP contribution in [0, 0.1) is 0 Å². The quantitative estimate of drug-likeness (QED) is 0.554. The molecule has 0 bridgehead atoms. The third kappa shape index (κ3) is 3.22. The van der Waals surface area contributed by atoms with Crippen molar-refractivity contribution in [2.45, 2.75) is 6.54 Å². The second kappa shape index (κ2) is 6.55. The van der Waals surface area contributed by atoms with Crippen LogP contribution in [-0.2, 0) is 6.54 Å². The second-order valence-electron chi connectivity index (χ2n) is 5.26. The van der Waals surface area contributed by atoms with Crippen molar-refractivity contribution >= 4 is 46.0 Å². The fourth-order valence-corrected chi connectivity index (χ4v) is 2.87. The summed E-state index contributed by atoms with van der Waals surface area (Å²) in [7, 11) is 0. The maximum absolute atomic E-state index is 12.3. The van der Waals surface area contributed by atoms with E-state index in [0.717, 1.165) is 16.5 Å². The van der Waals surface area contributed by atoms with Crippen molar-refractivity contribution in [2.75, 3.05) is 0 Å². The van der Waals surface area contributed by atoms with Gasteiger partial charge in [0.1, 0.15) is 5.69 Å². The monoisotopic (exact) mass is 360 g/mol. The number of hydrogen-bond acceptors (Lipinski definition) is 1. The lowest BCUT2D eigenvalue weighted by molar-refractivity contribution is 0.0995. The SMILES string of the molecule is NC(N)=NC(=O)c1cc2ccccc2n1Cc1ccc(Cl)c(Cl)c1. The first-order valence-electron chi connectivity index (χ1n) is 7.12. The van der Waals surface area contributed by atoms with Crippen molar-refractivity contribution in [1.29, 1.82) is 0 Å². The molecule has 0 saturated heterocycles. The average molecular weight is 361 g/mol. The first kappa shape index (κ1) is 16.4. The predicted octanol–water partition coefficient (Wildman–Crippen LogP) is 3.41.